The summed E-state index contributed by atoms with van der Waals surface area (Å²) >= 11 is 0. The topological polar surface area (TPSA) is 72.5 Å². The molecule has 7 heteroatoms. The number of hydrogen-bond acceptors (Lipinski definition) is 7. The van der Waals surface area contributed by atoms with E-state index in [-0.39, 0.29) is 5.78 Å². The fraction of sp³-hybridized carbons (Fsp3) is 0.367. The summed E-state index contributed by atoms with van der Waals surface area (Å²) in [6.45, 7) is 4.78. The molecule has 0 radical (unpaired) electrons. The van der Waals surface area contributed by atoms with Gasteiger partial charge in [-0.15, -0.1) is 0 Å². The third kappa shape index (κ3) is 7.95. The fourth-order valence-corrected chi connectivity index (χ4v) is 4.19. The first-order valence-corrected chi connectivity index (χ1v) is 12.5. The van der Waals surface area contributed by atoms with E-state index in [0.29, 0.717) is 66.1 Å². The molecule has 2 aliphatic rings. The number of hydrogen-bond donors (Lipinski definition) is 0. The van der Waals surface area contributed by atoms with Gasteiger partial charge >= 0.3 is 0 Å². The van der Waals surface area contributed by atoms with E-state index >= 15 is 0 Å². The van der Waals surface area contributed by atoms with E-state index in [1.807, 2.05) is 42.5 Å². The third-order valence-corrected chi connectivity index (χ3v) is 6.01. The summed E-state index contributed by atoms with van der Waals surface area (Å²) in [4.78, 5) is 11.9. The molecule has 0 aromatic heterocycles. The molecular weight excluding hydrogens is 472 g/mol. The van der Waals surface area contributed by atoms with Crippen molar-refractivity contribution in [3.8, 4) is 5.75 Å². The van der Waals surface area contributed by atoms with Crippen molar-refractivity contribution in [3.05, 3.63) is 94.6 Å². The minimum absolute atomic E-state index is 0.0310. The van der Waals surface area contributed by atoms with Crippen molar-refractivity contribution in [2.24, 2.45) is 0 Å². The molecule has 0 spiro atoms. The Morgan fingerprint density at radius 1 is 0.649 bits per heavy atom. The first kappa shape index (κ1) is 27.0. The largest absolute Gasteiger partial charge is 0.497 e. The van der Waals surface area contributed by atoms with Gasteiger partial charge in [0.15, 0.2) is 5.78 Å². The average Bonchev–Trinajstić information content (AvgIpc) is 2.93. The van der Waals surface area contributed by atoms with Crippen molar-refractivity contribution in [2.45, 2.75) is 13.2 Å². The molecular formula is C30H34O7. The third-order valence-electron chi connectivity index (χ3n) is 6.01. The van der Waals surface area contributed by atoms with Crippen LogP contribution in [-0.2, 0) is 41.7 Å². The molecule has 0 unspecified atom stereocenters. The molecule has 0 atom stereocenters. The van der Waals surface area contributed by atoms with Gasteiger partial charge in [0.2, 0.25) is 0 Å². The fourth-order valence-electron chi connectivity index (χ4n) is 4.19. The van der Waals surface area contributed by atoms with Gasteiger partial charge in [-0.05, 0) is 57.7 Å². The normalized spacial score (nSPS) is 18.2. The van der Waals surface area contributed by atoms with Crippen LogP contribution in [-0.4, -0.2) is 65.7 Å². The molecule has 2 aromatic rings. The molecule has 196 valence electrons. The monoisotopic (exact) mass is 506 g/mol. The summed E-state index contributed by atoms with van der Waals surface area (Å²) in [6, 6.07) is 14.1. The number of benzene rings is 2. The van der Waals surface area contributed by atoms with Gasteiger partial charge in [-0.1, -0.05) is 42.5 Å². The van der Waals surface area contributed by atoms with Crippen LogP contribution in [0.25, 0.3) is 5.57 Å². The van der Waals surface area contributed by atoms with Crippen molar-refractivity contribution in [3.63, 3.8) is 0 Å². The van der Waals surface area contributed by atoms with Gasteiger partial charge in [-0.3, -0.25) is 4.79 Å². The van der Waals surface area contributed by atoms with Gasteiger partial charge in [0.05, 0.1) is 73.2 Å². The Balaban J connectivity index is 1.73. The standard InChI is InChI=1S/C30H34O7/c1-32-28-11-7-24(8-12-28)29(23-5-9-27(31)10-6-23)30-25-3-2-4-26(30)22-37-20-18-35-16-14-33-13-15-34-17-19-36-21-25/h2-12H,13-22H2,1H3. The van der Waals surface area contributed by atoms with Crippen molar-refractivity contribution >= 4 is 11.4 Å². The van der Waals surface area contributed by atoms with E-state index in [1.165, 1.54) is 0 Å². The van der Waals surface area contributed by atoms with Gasteiger partial charge in [0.25, 0.3) is 0 Å². The Kier molecular flexibility index (Phi) is 10.7. The molecule has 0 saturated heterocycles. The second-order valence-corrected chi connectivity index (χ2v) is 8.52. The van der Waals surface area contributed by atoms with Crippen LogP contribution in [0.3, 0.4) is 0 Å². The van der Waals surface area contributed by atoms with Crippen LogP contribution in [0.1, 0.15) is 22.3 Å². The molecule has 7 nitrogen and oxygen atoms in total. The zero-order valence-corrected chi connectivity index (χ0v) is 21.3. The second kappa shape index (κ2) is 14.6. The maximum atomic E-state index is 11.9. The molecule has 0 amide bonds. The molecule has 37 heavy (non-hydrogen) atoms. The van der Waals surface area contributed by atoms with Gasteiger partial charge in [0.1, 0.15) is 5.75 Å². The molecule has 2 aromatic carbocycles. The van der Waals surface area contributed by atoms with Gasteiger partial charge in [-0.25, -0.2) is 0 Å². The smallest absolute Gasteiger partial charge is 0.178 e. The number of ketones is 1. The van der Waals surface area contributed by atoms with Crippen LogP contribution in [0.5, 0.6) is 5.75 Å². The Morgan fingerprint density at radius 3 is 1.62 bits per heavy atom. The lowest BCUT2D eigenvalue weighted by atomic mass is 9.85. The maximum absolute atomic E-state index is 11.9. The van der Waals surface area contributed by atoms with Crippen molar-refractivity contribution in [1.82, 2.24) is 0 Å². The molecule has 4 rings (SSSR count). The van der Waals surface area contributed by atoms with Crippen LogP contribution >= 0.6 is 0 Å². The van der Waals surface area contributed by atoms with Gasteiger partial charge in [0, 0.05) is 0 Å². The lowest BCUT2D eigenvalue weighted by molar-refractivity contribution is -0.110. The Morgan fingerprint density at radius 2 is 1.14 bits per heavy atom. The highest BCUT2D eigenvalue weighted by Gasteiger charge is 2.19. The zero-order chi connectivity index (χ0) is 25.7. The number of fused-ring (bicyclic) bond motifs is 2. The molecule has 0 saturated carbocycles. The van der Waals surface area contributed by atoms with E-state index in [9.17, 15) is 4.79 Å². The number of rotatable bonds is 3. The number of ether oxygens (including phenoxy) is 6. The lowest BCUT2D eigenvalue weighted by Crippen LogP contribution is -2.14. The highest BCUT2D eigenvalue weighted by molar-refractivity contribution is 6.03. The number of carbonyl (C=O) groups is 1. The highest BCUT2D eigenvalue weighted by Crippen LogP contribution is 2.35. The molecule has 1 aliphatic carbocycles. The quantitative estimate of drug-likeness (QED) is 0.615. The Hall–Kier alpha value is -3.07. The Bertz CT molecular complexity index is 1060. The minimum atomic E-state index is -0.0310. The van der Waals surface area contributed by atoms with Crippen molar-refractivity contribution in [2.75, 3.05) is 60.0 Å². The average molecular weight is 507 g/mol. The van der Waals surface area contributed by atoms with Crippen molar-refractivity contribution < 1.29 is 33.2 Å². The molecule has 0 fully saturated rings. The molecule has 1 aliphatic heterocycles. The zero-order valence-electron chi connectivity index (χ0n) is 21.3. The first-order chi connectivity index (χ1) is 18.3. The van der Waals surface area contributed by atoms with E-state index in [0.717, 1.165) is 39.1 Å². The predicted molar refractivity (Wildman–Crippen MR) is 141 cm³/mol. The van der Waals surface area contributed by atoms with Crippen LogP contribution in [0.4, 0.5) is 0 Å². The van der Waals surface area contributed by atoms with Gasteiger partial charge in [-0.2, -0.15) is 0 Å². The van der Waals surface area contributed by atoms with E-state index in [2.05, 4.69) is 12.1 Å². The van der Waals surface area contributed by atoms with Crippen LogP contribution < -0.4 is 4.74 Å². The predicted octanol–water partition coefficient (Wildman–Crippen LogP) is 4.29. The lowest BCUT2D eigenvalue weighted by Gasteiger charge is -2.21. The van der Waals surface area contributed by atoms with E-state index in [4.69, 9.17) is 28.4 Å². The maximum Gasteiger partial charge on any atom is 0.178 e. The van der Waals surface area contributed by atoms with Crippen LogP contribution in [0.15, 0.2) is 72.3 Å². The summed E-state index contributed by atoms with van der Waals surface area (Å²) in [6.07, 6.45) is 6.92. The summed E-state index contributed by atoms with van der Waals surface area (Å²) < 4.78 is 34.2. The second-order valence-electron chi connectivity index (χ2n) is 8.52. The summed E-state index contributed by atoms with van der Waals surface area (Å²) in [5.74, 6) is 0.744. The van der Waals surface area contributed by atoms with E-state index < -0.39 is 0 Å². The van der Waals surface area contributed by atoms with Crippen LogP contribution in [0.2, 0.25) is 0 Å². The van der Waals surface area contributed by atoms with Gasteiger partial charge < -0.3 is 28.4 Å². The summed E-state index contributed by atoms with van der Waals surface area (Å²) in [5, 5.41) is 0. The molecule has 1 heterocycles. The molecule has 2 bridgehead atoms. The van der Waals surface area contributed by atoms with Crippen molar-refractivity contribution in [1.29, 1.82) is 0 Å². The highest BCUT2D eigenvalue weighted by atomic mass is 16.6. The molecule has 0 N–H and O–H groups in total. The Labute approximate surface area is 218 Å². The minimum Gasteiger partial charge on any atom is -0.497 e. The summed E-state index contributed by atoms with van der Waals surface area (Å²) in [7, 11) is 1.65. The number of methoxy groups -OCH3 is 1. The first-order valence-electron chi connectivity index (χ1n) is 12.5. The number of carbonyl (C=O) groups excluding carboxylic acids is 1. The van der Waals surface area contributed by atoms with Crippen LogP contribution in [0, 0.1) is 0 Å². The van der Waals surface area contributed by atoms with E-state index in [1.54, 1.807) is 19.3 Å². The number of allylic oxidation sites excluding steroid dienone is 5. The SMILES string of the molecule is COc1ccc(C(=C2C=CC(=O)C=C2)c2c3cccc2COCCOCCOCCOCCOC3)cc1. The summed E-state index contributed by atoms with van der Waals surface area (Å²) in [5.41, 5.74) is 6.02.